The van der Waals surface area contributed by atoms with E-state index in [1.54, 1.807) is 0 Å². The largest absolute Gasteiger partial charge is 0.0622 e. The Hall–Kier alpha value is -5.90. The summed E-state index contributed by atoms with van der Waals surface area (Å²) in [5.41, 5.74) is 14.2. The van der Waals surface area contributed by atoms with Crippen LogP contribution in [0.5, 0.6) is 0 Å². The van der Waals surface area contributed by atoms with E-state index in [4.69, 9.17) is 0 Å². The van der Waals surface area contributed by atoms with Gasteiger partial charge in [0.15, 0.2) is 0 Å². The maximum absolute atomic E-state index is 3.79. The predicted octanol–water partition coefficient (Wildman–Crippen LogP) is 11.6. The average molecular weight is 557 g/mol. The molecule has 0 fully saturated rings. The fourth-order valence-electron chi connectivity index (χ4n) is 6.46. The van der Waals surface area contributed by atoms with Gasteiger partial charge < -0.3 is 0 Å². The molecule has 0 aliphatic carbocycles. The summed E-state index contributed by atoms with van der Waals surface area (Å²) in [4.78, 5) is 0. The molecule has 0 spiro atoms. The van der Waals surface area contributed by atoms with Crippen LogP contribution in [0.1, 0.15) is 22.3 Å². The Labute approximate surface area is 257 Å². The second kappa shape index (κ2) is 11.1. The lowest BCUT2D eigenvalue weighted by Gasteiger charge is -2.15. The predicted molar refractivity (Wildman–Crippen MR) is 188 cm³/mol. The highest BCUT2D eigenvalue weighted by molar-refractivity contribution is 6.13. The number of hydrogen-bond donors (Lipinski definition) is 0. The van der Waals surface area contributed by atoms with Gasteiger partial charge in [-0.3, -0.25) is 0 Å². The van der Waals surface area contributed by atoms with E-state index in [1.807, 2.05) is 0 Å². The second-order valence-corrected chi connectivity index (χ2v) is 11.1. The molecule has 0 N–H and O–H groups in total. The molecule has 0 saturated carbocycles. The van der Waals surface area contributed by atoms with Crippen molar-refractivity contribution in [1.29, 1.82) is 0 Å². The summed E-state index contributed by atoms with van der Waals surface area (Å²) in [7, 11) is 0. The Morgan fingerprint density at radius 2 is 0.568 bits per heavy atom. The average Bonchev–Trinajstić information content (AvgIpc) is 3.09. The third kappa shape index (κ3) is 4.53. The lowest BCUT2D eigenvalue weighted by molar-refractivity contribution is 1.59. The zero-order valence-electron chi connectivity index (χ0n) is 24.2. The van der Waals surface area contributed by atoms with Crippen molar-refractivity contribution in [2.24, 2.45) is 0 Å². The molecule has 0 unspecified atom stereocenters. The van der Waals surface area contributed by atoms with Crippen molar-refractivity contribution in [2.45, 2.75) is 0 Å². The van der Waals surface area contributed by atoms with Gasteiger partial charge in [-0.15, -0.1) is 0 Å². The van der Waals surface area contributed by atoms with Gasteiger partial charge in [-0.2, -0.15) is 0 Å². The summed E-state index contributed by atoms with van der Waals surface area (Å²) in [5.74, 6) is 0. The smallest absolute Gasteiger partial charge is 0.0406 e. The number of fused-ring (bicyclic) bond motifs is 4. The first-order valence-corrected chi connectivity index (χ1v) is 15.0. The Bertz CT molecular complexity index is 2150. The van der Waals surface area contributed by atoms with Crippen LogP contribution in [-0.2, 0) is 0 Å². The van der Waals surface area contributed by atoms with Gasteiger partial charge in [-0.1, -0.05) is 169 Å². The Morgan fingerprint density at radius 1 is 0.295 bits per heavy atom. The first-order chi connectivity index (χ1) is 21.8. The van der Waals surface area contributed by atoms with Crippen molar-refractivity contribution in [2.75, 3.05) is 0 Å². The number of hydrogen-bond acceptors (Lipinski definition) is 0. The van der Waals surface area contributed by atoms with Crippen molar-refractivity contribution in [3.63, 3.8) is 0 Å². The Balaban J connectivity index is 1.59. The fourth-order valence-corrected chi connectivity index (χ4v) is 6.46. The maximum Gasteiger partial charge on any atom is 0.0406 e. The van der Waals surface area contributed by atoms with Gasteiger partial charge in [0, 0.05) is 22.3 Å². The van der Waals surface area contributed by atoms with Crippen molar-refractivity contribution >= 4 is 54.2 Å². The molecule has 44 heavy (non-hydrogen) atoms. The van der Waals surface area contributed by atoms with Gasteiger partial charge >= 0.3 is 0 Å². The lowest BCUT2D eigenvalue weighted by Crippen LogP contribution is -1.93. The third-order valence-electron chi connectivity index (χ3n) is 8.48. The molecule has 0 aliphatic heterocycles. The maximum atomic E-state index is 3.79. The van der Waals surface area contributed by atoms with Crippen LogP contribution in [0.25, 0.3) is 54.2 Å². The van der Waals surface area contributed by atoms with E-state index >= 15 is 0 Å². The first-order valence-electron chi connectivity index (χ1n) is 15.0. The molecular formula is C44H28. The second-order valence-electron chi connectivity index (χ2n) is 11.1. The van der Waals surface area contributed by atoms with E-state index in [1.165, 1.54) is 54.2 Å². The molecule has 0 bridgehead atoms. The minimum atomic E-state index is 1.02. The zero-order chi connectivity index (χ0) is 29.3. The zero-order valence-corrected chi connectivity index (χ0v) is 24.2. The van der Waals surface area contributed by atoms with Gasteiger partial charge in [0.1, 0.15) is 0 Å². The molecule has 8 aromatic rings. The normalized spacial score (nSPS) is 11.0. The number of rotatable bonds is 4. The third-order valence-corrected chi connectivity index (χ3v) is 8.48. The molecule has 204 valence electrons. The molecule has 0 aliphatic rings. The fraction of sp³-hybridized carbons (Fsp3) is 0. The Kier molecular flexibility index (Phi) is 6.48. The van der Waals surface area contributed by atoms with E-state index in [9.17, 15) is 0 Å². The highest BCUT2D eigenvalue weighted by Crippen LogP contribution is 2.38. The van der Waals surface area contributed by atoms with Gasteiger partial charge in [0.05, 0.1) is 0 Å². The summed E-state index contributed by atoms with van der Waals surface area (Å²) < 4.78 is 0. The summed E-state index contributed by atoms with van der Waals surface area (Å²) in [6.07, 6.45) is 0. The Morgan fingerprint density at radius 3 is 0.886 bits per heavy atom. The highest BCUT2D eigenvalue weighted by Gasteiger charge is 2.16. The molecule has 0 amide bonds. The molecule has 8 rings (SSSR count). The molecular weight excluding hydrogens is 528 g/mol. The molecule has 0 aromatic heterocycles. The molecule has 0 heteroatoms. The van der Waals surface area contributed by atoms with Gasteiger partial charge in [-0.25, -0.2) is 0 Å². The van der Waals surface area contributed by atoms with E-state index < -0.39 is 0 Å². The molecule has 0 atom stereocenters. The standard InChI is InChI=1S/C44H28/c1-3-15-31(16-4-1)41(43-37-23-11-7-19-33(37)29-34-20-8-12-24-38(34)43)27-28-42(32-17-5-2-6-18-32)44-39-25-13-9-21-35(39)30-36-22-10-14-26-40(36)44/h1-26,29-30H. The minimum absolute atomic E-state index is 1.02. The van der Waals surface area contributed by atoms with Crippen LogP contribution in [0.15, 0.2) is 181 Å². The molecule has 0 nitrogen and oxygen atoms in total. The molecule has 0 saturated heterocycles. The molecule has 0 heterocycles. The van der Waals surface area contributed by atoms with Crippen molar-refractivity contribution in [3.8, 4) is 0 Å². The number of benzene rings is 8. The van der Waals surface area contributed by atoms with Crippen LogP contribution in [0.2, 0.25) is 0 Å². The molecule has 0 radical (unpaired) electrons. The van der Waals surface area contributed by atoms with E-state index in [0.29, 0.717) is 0 Å². The van der Waals surface area contributed by atoms with Crippen LogP contribution >= 0.6 is 0 Å². The minimum Gasteiger partial charge on any atom is -0.0622 e. The van der Waals surface area contributed by atoms with Crippen LogP contribution in [-0.4, -0.2) is 0 Å². The van der Waals surface area contributed by atoms with Gasteiger partial charge in [-0.05, 0) is 66.3 Å². The topological polar surface area (TPSA) is 0 Å². The SMILES string of the molecule is C(=C=C(c1ccccc1)c1c2ccccc2cc2ccccc12)=C(c1ccccc1)c1c2ccccc2cc2ccccc12. The summed E-state index contributed by atoms with van der Waals surface area (Å²) >= 11 is 0. The highest BCUT2D eigenvalue weighted by atomic mass is 14.2. The monoisotopic (exact) mass is 556 g/mol. The van der Waals surface area contributed by atoms with Gasteiger partial charge in [0.2, 0.25) is 0 Å². The van der Waals surface area contributed by atoms with E-state index in [2.05, 4.69) is 181 Å². The van der Waals surface area contributed by atoms with Crippen molar-refractivity contribution in [3.05, 3.63) is 204 Å². The molecule has 8 aromatic carbocycles. The lowest BCUT2D eigenvalue weighted by atomic mass is 9.88. The van der Waals surface area contributed by atoms with Crippen molar-refractivity contribution in [1.82, 2.24) is 0 Å². The summed E-state index contributed by atoms with van der Waals surface area (Å²) in [6, 6.07) is 60.5. The summed E-state index contributed by atoms with van der Waals surface area (Å²) in [6.45, 7) is 0. The van der Waals surface area contributed by atoms with Crippen LogP contribution in [0, 0.1) is 0 Å². The quantitative estimate of drug-likeness (QED) is 0.149. The first kappa shape index (κ1) is 25.8. The van der Waals surface area contributed by atoms with Crippen LogP contribution < -0.4 is 0 Å². The summed E-state index contributed by atoms with van der Waals surface area (Å²) in [5, 5.41) is 9.67. The van der Waals surface area contributed by atoms with E-state index in [0.717, 1.165) is 22.3 Å². The van der Waals surface area contributed by atoms with E-state index in [-0.39, 0.29) is 0 Å². The van der Waals surface area contributed by atoms with Crippen molar-refractivity contribution < 1.29 is 0 Å². The van der Waals surface area contributed by atoms with Gasteiger partial charge in [0.25, 0.3) is 0 Å². The van der Waals surface area contributed by atoms with Crippen LogP contribution in [0.3, 0.4) is 0 Å². The van der Waals surface area contributed by atoms with Crippen LogP contribution in [0.4, 0.5) is 0 Å².